The standard InChI is InChI=1S/C11H12BrN3O.BH11P10/c1-6-4-10(16)14-15-11(6)7-2-3-9(13)8(12)5-7;1-8(2)11(10(5)6)7-9(3)4/h2-3,5-6H,4,13H2,1H3,(H,14,16);7H,2-6H2/t6-;/m1./s1/i;7T. The van der Waals surface area contributed by atoms with E-state index in [1.165, 1.54) is 0 Å². The van der Waals surface area contributed by atoms with E-state index >= 15 is 0 Å². The molecule has 1 aliphatic rings. The number of hydrogen-bond acceptors (Lipinski definition) is 3. The maximum absolute atomic E-state index is 11.1. The number of nitrogen functional groups attached to an aromatic ring is 1. The summed E-state index contributed by atoms with van der Waals surface area (Å²) in [4.78, 5) is 11.1. The Morgan fingerprint density at radius 3 is 2.44 bits per heavy atom. The van der Waals surface area contributed by atoms with Crippen LogP contribution in [-0.2, 0) is 4.79 Å². The van der Waals surface area contributed by atoms with Crippen LogP contribution < -0.4 is 11.2 Å². The number of rotatable bonds is 5. The maximum Gasteiger partial charge on any atom is 0.240 e. The average Bonchev–Trinajstić information content (AvgIpc) is 2.57. The largest absolute Gasteiger partial charge is 0.398 e. The summed E-state index contributed by atoms with van der Waals surface area (Å²) in [6.07, 6.45) is 0.473. The fourth-order valence-electron chi connectivity index (χ4n) is 1.99. The molecule has 0 aromatic heterocycles. The molecule has 148 valence electrons. The van der Waals surface area contributed by atoms with Crippen molar-refractivity contribution in [1.82, 2.24) is 5.43 Å². The number of nitrogens with zero attached hydrogens (tertiary/aromatic N) is 1. The summed E-state index contributed by atoms with van der Waals surface area (Å²) in [5.41, 5.74) is 10.8. The van der Waals surface area contributed by atoms with Crippen LogP contribution in [0.15, 0.2) is 27.8 Å². The van der Waals surface area contributed by atoms with Crippen molar-refractivity contribution in [3.8, 4) is 0 Å². The lowest BCUT2D eigenvalue weighted by molar-refractivity contribution is -0.121. The Bertz CT molecular complexity index is 707. The monoisotopic (exact) mass is 615 g/mol. The van der Waals surface area contributed by atoms with Crippen molar-refractivity contribution in [2.45, 2.75) is 13.3 Å². The highest BCUT2D eigenvalue weighted by atomic mass is 79.9. The van der Waals surface area contributed by atoms with E-state index in [-0.39, 0.29) is 32.8 Å². The fourth-order valence-corrected chi connectivity index (χ4v) is 62.5. The number of amides is 1. The third kappa shape index (κ3) is 10.4. The van der Waals surface area contributed by atoms with Gasteiger partial charge in [0, 0.05) is 22.5 Å². The molecule has 0 fully saturated rings. The van der Waals surface area contributed by atoms with Crippen molar-refractivity contribution >= 4 is 121 Å². The fraction of sp³-hybridized carbons (Fsp3) is 0.273. The topological polar surface area (TPSA) is 67.5 Å². The van der Waals surface area contributed by atoms with Crippen LogP contribution in [0.4, 0.5) is 5.69 Å². The second kappa shape index (κ2) is 14.2. The van der Waals surface area contributed by atoms with Gasteiger partial charge < -0.3 is 5.73 Å². The Hall–Kier alpha value is 3.00. The van der Waals surface area contributed by atoms with Crippen LogP contribution in [0.3, 0.4) is 0 Å². The van der Waals surface area contributed by atoms with Crippen LogP contribution >= 0.6 is 96.6 Å². The second-order valence-corrected chi connectivity index (χ2v) is 40.4. The van der Waals surface area contributed by atoms with Crippen LogP contribution in [0.5, 0.6) is 0 Å². The number of halogens is 1. The summed E-state index contributed by atoms with van der Waals surface area (Å²) >= 11 is 3.38. The van der Waals surface area contributed by atoms with Crippen LogP contribution in [0.1, 0.15) is 18.9 Å². The van der Waals surface area contributed by atoms with E-state index < -0.39 is 15.1 Å². The van der Waals surface area contributed by atoms with E-state index in [0.29, 0.717) is 12.1 Å². The number of nitrogens with one attached hydrogen (secondary N) is 1. The Kier molecular flexibility index (Phi) is 13.8. The van der Waals surface area contributed by atoms with Gasteiger partial charge in [0.05, 0.1) is 6.99 Å². The lowest BCUT2D eigenvalue weighted by Crippen LogP contribution is -2.31. The predicted octanol–water partition coefficient (Wildman–Crippen LogP) is 7.18. The summed E-state index contributed by atoms with van der Waals surface area (Å²) in [6, 6.07) is 5.65. The molecule has 2 radical (unpaired) electrons. The molecule has 2 rings (SSSR count). The number of hydrogen-bond donors (Lipinski definition) is 2. The zero-order chi connectivity index (χ0) is 21.6. The number of benzene rings is 1. The molecule has 0 aliphatic carbocycles. The highest BCUT2D eigenvalue weighted by molar-refractivity contribution is 9.12. The third-order valence-corrected chi connectivity index (χ3v) is 46.0. The zero-order valence-corrected chi connectivity index (χ0v) is 26.4. The van der Waals surface area contributed by atoms with Crippen molar-refractivity contribution in [3.05, 3.63) is 28.2 Å². The summed E-state index contributed by atoms with van der Waals surface area (Å²) in [7, 11) is 18.7. The van der Waals surface area contributed by atoms with E-state index in [4.69, 9.17) is 14.6 Å². The molecule has 0 spiro atoms. The molecule has 0 saturated heterocycles. The summed E-state index contributed by atoms with van der Waals surface area (Å²) in [5.74, 6) is 0.0926. The number of nitrogens with two attached hydrogens (primary N) is 1. The highest BCUT2D eigenvalue weighted by Crippen LogP contribution is 3.06. The predicted molar refractivity (Wildman–Crippen MR) is 157 cm³/mol. The molecule has 0 bridgehead atoms. The van der Waals surface area contributed by atoms with Gasteiger partial charge in [0.15, 0.2) is 0 Å². The van der Waals surface area contributed by atoms with Gasteiger partial charge in [-0.1, -0.05) is 20.9 Å². The molecule has 3 N–H and O–H groups in total. The van der Waals surface area contributed by atoms with Gasteiger partial charge in [-0.2, -0.15) is 5.10 Å². The molecular formula is C11H23BBrN3OP10. The highest BCUT2D eigenvalue weighted by Gasteiger charge is 2.21. The zero-order valence-electron chi connectivity index (χ0n) is 15.5. The van der Waals surface area contributed by atoms with Gasteiger partial charge in [-0.05, 0) is 54.6 Å². The van der Waals surface area contributed by atoms with Gasteiger partial charge >= 0.3 is 0 Å². The molecule has 1 aliphatic heterocycles. The minimum atomic E-state index is -0.606. The SMILES string of the molecule is C[C@@H]1CC(=O)NN=C1c1ccc(N)c(Br)c1.[3H]P(P(P)P)P(P([B])P)P(P)P. The molecule has 4 nitrogen and oxygen atoms in total. The Morgan fingerprint density at radius 1 is 1.41 bits per heavy atom. The van der Waals surface area contributed by atoms with E-state index in [1.807, 2.05) is 25.1 Å². The van der Waals surface area contributed by atoms with Gasteiger partial charge in [-0.15, -0.1) is 51.8 Å². The van der Waals surface area contributed by atoms with Gasteiger partial charge in [-0.3, -0.25) is 4.79 Å². The molecule has 1 aromatic rings. The molecule has 1 aromatic carbocycles. The van der Waals surface area contributed by atoms with Crippen LogP contribution in [-0.4, -0.2) is 20.5 Å². The van der Waals surface area contributed by atoms with Crippen molar-refractivity contribution in [3.63, 3.8) is 0 Å². The van der Waals surface area contributed by atoms with Crippen LogP contribution in [0.25, 0.3) is 0 Å². The van der Waals surface area contributed by atoms with Crippen molar-refractivity contribution < 1.29 is 4.79 Å². The first-order valence-corrected chi connectivity index (χ1v) is 25.4. The second-order valence-electron chi connectivity index (χ2n) is 5.37. The summed E-state index contributed by atoms with van der Waals surface area (Å²) in [5, 5.41) is 4.09. The summed E-state index contributed by atoms with van der Waals surface area (Å²) < 4.78 is 8.88. The third-order valence-electron chi connectivity index (χ3n) is 3.15. The minimum absolute atomic E-state index is 0.0363. The lowest BCUT2D eigenvalue weighted by atomic mass is 9.94. The first-order chi connectivity index (χ1) is 13.0. The smallest absolute Gasteiger partial charge is 0.240 e. The summed E-state index contributed by atoms with van der Waals surface area (Å²) in [6.45, 7) is 1.30. The maximum atomic E-state index is 11.1. The quantitative estimate of drug-likeness (QED) is 0.209. The minimum Gasteiger partial charge on any atom is -0.398 e. The van der Waals surface area contributed by atoms with Gasteiger partial charge in [0.2, 0.25) is 5.91 Å². The molecule has 1 amide bonds. The number of carbonyl (C=O) groups excluding carboxylic acids is 1. The Morgan fingerprint density at radius 2 is 2.04 bits per heavy atom. The van der Waals surface area contributed by atoms with Crippen LogP contribution in [0, 0.1) is 5.92 Å². The van der Waals surface area contributed by atoms with Crippen molar-refractivity contribution in [2.24, 2.45) is 11.0 Å². The molecule has 8 unspecified atom stereocenters. The van der Waals surface area contributed by atoms with Gasteiger partial charge in [0.1, 0.15) is 7.57 Å². The molecule has 0 saturated carbocycles. The normalized spacial score (nSPS) is 20.8. The van der Waals surface area contributed by atoms with Gasteiger partial charge in [0.25, 0.3) is 0 Å². The van der Waals surface area contributed by atoms with E-state index in [0.717, 1.165) is 15.7 Å². The van der Waals surface area contributed by atoms with E-state index in [2.05, 4.69) is 71.1 Å². The first-order valence-electron chi connectivity index (χ1n) is 7.79. The molecule has 1 heterocycles. The van der Waals surface area contributed by atoms with E-state index in [9.17, 15) is 4.79 Å². The average molecular weight is 616 g/mol. The molecule has 9 atom stereocenters. The number of hydrazone groups is 1. The molecule has 27 heavy (non-hydrogen) atoms. The van der Waals surface area contributed by atoms with Crippen molar-refractivity contribution in [2.75, 3.05) is 5.73 Å². The molecule has 16 heteroatoms. The Balaban J connectivity index is 0.000000295. The number of anilines is 1. The van der Waals surface area contributed by atoms with E-state index in [1.54, 1.807) is 0 Å². The van der Waals surface area contributed by atoms with Gasteiger partial charge in [-0.25, -0.2) is 5.43 Å². The first kappa shape index (κ1) is 26.3. The van der Waals surface area contributed by atoms with Crippen LogP contribution in [0.2, 0.25) is 0 Å². The number of carbonyl (C=O) groups is 1. The molecular weight excluding hydrogens is 591 g/mol. The lowest BCUT2D eigenvalue weighted by Gasteiger charge is -2.27. The Labute approximate surface area is 190 Å². The van der Waals surface area contributed by atoms with Crippen molar-refractivity contribution in [1.29, 1.82) is 1.28 Å².